The van der Waals surface area contributed by atoms with Gasteiger partial charge < -0.3 is 0 Å². The van der Waals surface area contributed by atoms with Crippen molar-refractivity contribution in [2.24, 2.45) is 0 Å². The molecule has 1 aromatic carbocycles. The zero-order valence-corrected chi connectivity index (χ0v) is 8.52. The van der Waals surface area contributed by atoms with Gasteiger partial charge in [-0.3, -0.25) is 4.98 Å². The molecule has 2 rings (SSSR count). The molecule has 1 nitrogen and oxygen atoms in total. The Labute approximate surface area is 86.3 Å². The highest BCUT2D eigenvalue weighted by atomic mass is 35.5. The van der Waals surface area contributed by atoms with Crippen LogP contribution in [-0.4, -0.2) is 4.98 Å². The van der Waals surface area contributed by atoms with Gasteiger partial charge in [0.15, 0.2) is 0 Å². The van der Waals surface area contributed by atoms with E-state index in [-0.39, 0.29) is 0 Å². The first-order valence-electron chi connectivity index (χ1n) is 3.89. The van der Waals surface area contributed by atoms with E-state index in [4.69, 9.17) is 23.2 Å². The molecule has 0 amide bonds. The van der Waals surface area contributed by atoms with Crippen LogP contribution in [-0.2, 0) is 0 Å². The fourth-order valence-electron chi connectivity index (χ4n) is 1.37. The lowest BCUT2D eigenvalue weighted by Gasteiger charge is -2.04. The Morgan fingerprint density at radius 2 is 1.92 bits per heavy atom. The van der Waals surface area contributed by atoms with E-state index in [1.165, 1.54) is 0 Å². The molecule has 0 saturated carbocycles. The second-order valence-electron chi connectivity index (χ2n) is 2.86. The minimum atomic E-state index is 0.574. The SMILES string of the molecule is Cc1nccc2ccc(Cl)c(Cl)c12. The first kappa shape index (κ1) is 8.79. The summed E-state index contributed by atoms with van der Waals surface area (Å²) in [5.41, 5.74) is 0.907. The van der Waals surface area contributed by atoms with Gasteiger partial charge in [0.1, 0.15) is 0 Å². The van der Waals surface area contributed by atoms with Crippen LogP contribution in [0.5, 0.6) is 0 Å². The monoisotopic (exact) mass is 211 g/mol. The van der Waals surface area contributed by atoms with Crippen LogP contribution in [0.15, 0.2) is 24.4 Å². The molecular formula is C10H7Cl2N. The molecule has 66 valence electrons. The molecule has 13 heavy (non-hydrogen) atoms. The molecule has 1 heterocycles. The highest BCUT2D eigenvalue weighted by molar-refractivity contribution is 6.45. The summed E-state index contributed by atoms with van der Waals surface area (Å²) in [6.07, 6.45) is 1.77. The van der Waals surface area contributed by atoms with Crippen molar-refractivity contribution in [1.29, 1.82) is 0 Å². The van der Waals surface area contributed by atoms with E-state index in [9.17, 15) is 0 Å². The predicted octanol–water partition coefficient (Wildman–Crippen LogP) is 3.85. The van der Waals surface area contributed by atoms with E-state index < -0.39 is 0 Å². The number of pyridine rings is 1. The maximum Gasteiger partial charge on any atom is 0.0688 e. The number of hydrogen-bond donors (Lipinski definition) is 0. The molecule has 0 aliphatic heterocycles. The standard InChI is InChI=1S/C10H7Cl2N/c1-6-9-7(4-5-13-6)2-3-8(11)10(9)12/h2-5H,1H3. The third kappa shape index (κ3) is 1.38. The highest BCUT2D eigenvalue weighted by Gasteiger charge is 2.05. The first-order valence-corrected chi connectivity index (χ1v) is 4.65. The van der Waals surface area contributed by atoms with E-state index in [0.29, 0.717) is 10.0 Å². The van der Waals surface area contributed by atoms with Crippen molar-refractivity contribution in [3.05, 3.63) is 40.1 Å². The summed E-state index contributed by atoms with van der Waals surface area (Å²) >= 11 is 12.0. The molecule has 0 saturated heterocycles. The molecule has 0 radical (unpaired) electrons. The molecule has 2 aromatic rings. The molecule has 3 heteroatoms. The zero-order chi connectivity index (χ0) is 9.42. The Kier molecular flexibility index (Phi) is 2.14. The quantitative estimate of drug-likeness (QED) is 0.646. The van der Waals surface area contributed by atoms with E-state index in [1.807, 2.05) is 19.1 Å². The maximum absolute atomic E-state index is 6.06. The summed E-state index contributed by atoms with van der Waals surface area (Å²) in [5.74, 6) is 0. The number of rotatable bonds is 0. The van der Waals surface area contributed by atoms with Crippen LogP contribution in [0.2, 0.25) is 10.0 Å². The van der Waals surface area contributed by atoms with Gasteiger partial charge >= 0.3 is 0 Å². The van der Waals surface area contributed by atoms with Crippen molar-refractivity contribution in [2.75, 3.05) is 0 Å². The molecule has 0 fully saturated rings. The minimum absolute atomic E-state index is 0.574. The predicted molar refractivity (Wildman–Crippen MR) is 56.5 cm³/mol. The maximum atomic E-state index is 6.06. The van der Waals surface area contributed by atoms with Crippen molar-refractivity contribution in [2.45, 2.75) is 6.92 Å². The van der Waals surface area contributed by atoms with Crippen LogP contribution < -0.4 is 0 Å². The summed E-state index contributed by atoms with van der Waals surface area (Å²) in [5, 5.41) is 3.17. The summed E-state index contributed by atoms with van der Waals surface area (Å²) in [6.45, 7) is 1.92. The molecular weight excluding hydrogens is 205 g/mol. The fourth-order valence-corrected chi connectivity index (χ4v) is 1.83. The smallest absolute Gasteiger partial charge is 0.0688 e. The van der Waals surface area contributed by atoms with Gasteiger partial charge in [0, 0.05) is 17.3 Å². The molecule has 0 bridgehead atoms. The minimum Gasteiger partial charge on any atom is -0.261 e. The lowest BCUT2D eigenvalue weighted by molar-refractivity contribution is 1.24. The van der Waals surface area contributed by atoms with Crippen LogP contribution in [0, 0.1) is 6.92 Å². The fraction of sp³-hybridized carbons (Fsp3) is 0.100. The lowest BCUT2D eigenvalue weighted by atomic mass is 10.1. The molecule has 1 aromatic heterocycles. The van der Waals surface area contributed by atoms with Crippen LogP contribution in [0.4, 0.5) is 0 Å². The Balaban J connectivity index is 2.97. The largest absolute Gasteiger partial charge is 0.261 e. The van der Waals surface area contributed by atoms with Crippen LogP contribution in [0.1, 0.15) is 5.69 Å². The summed E-state index contributed by atoms with van der Waals surface area (Å²) in [7, 11) is 0. The average molecular weight is 212 g/mol. The third-order valence-electron chi connectivity index (χ3n) is 2.01. The van der Waals surface area contributed by atoms with Crippen LogP contribution >= 0.6 is 23.2 Å². The summed E-state index contributed by atoms with van der Waals surface area (Å²) in [6, 6.07) is 5.66. The third-order valence-corrected chi connectivity index (χ3v) is 2.82. The van der Waals surface area contributed by atoms with Crippen molar-refractivity contribution in [3.8, 4) is 0 Å². The second-order valence-corrected chi connectivity index (χ2v) is 3.64. The Morgan fingerprint density at radius 3 is 2.69 bits per heavy atom. The van der Waals surface area contributed by atoms with Crippen molar-refractivity contribution < 1.29 is 0 Å². The van der Waals surface area contributed by atoms with Crippen LogP contribution in [0.25, 0.3) is 10.8 Å². The molecule has 0 aliphatic carbocycles. The van der Waals surface area contributed by atoms with Crippen molar-refractivity contribution in [1.82, 2.24) is 4.98 Å². The molecule has 0 atom stereocenters. The van der Waals surface area contributed by atoms with E-state index in [1.54, 1.807) is 12.3 Å². The Morgan fingerprint density at radius 1 is 1.15 bits per heavy atom. The zero-order valence-electron chi connectivity index (χ0n) is 7.01. The molecule has 0 unspecified atom stereocenters. The molecule has 0 spiro atoms. The van der Waals surface area contributed by atoms with Crippen LogP contribution in [0.3, 0.4) is 0 Å². The van der Waals surface area contributed by atoms with E-state index in [0.717, 1.165) is 16.5 Å². The van der Waals surface area contributed by atoms with Gasteiger partial charge in [-0.05, 0) is 24.4 Å². The number of hydrogen-bond acceptors (Lipinski definition) is 1. The number of benzene rings is 1. The van der Waals surface area contributed by atoms with Gasteiger partial charge in [-0.25, -0.2) is 0 Å². The average Bonchev–Trinajstić information content (AvgIpc) is 2.12. The summed E-state index contributed by atoms with van der Waals surface area (Å²) in [4.78, 5) is 4.17. The Hall–Kier alpha value is -0.790. The van der Waals surface area contributed by atoms with E-state index in [2.05, 4.69) is 4.98 Å². The molecule has 0 aliphatic rings. The van der Waals surface area contributed by atoms with Crippen molar-refractivity contribution in [3.63, 3.8) is 0 Å². The number of nitrogens with zero attached hydrogens (tertiary/aromatic N) is 1. The highest BCUT2D eigenvalue weighted by Crippen LogP contribution is 2.31. The summed E-state index contributed by atoms with van der Waals surface area (Å²) < 4.78 is 0. The van der Waals surface area contributed by atoms with E-state index >= 15 is 0 Å². The van der Waals surface area contributed by atoms with Gasteiger partial charge in [0.25, 0.3) is 0 Å². The van der Waals surface area contributed by atoms with Gasteiger partial charge in [-0.15, -0.1) is 0 Å². The van der Waals surface area contributed by atoms with Gasteiger partial charge in [0.05, 0.1) is 10.0 Å². The van der Waals surface area contributed by atoms with Gasteiger partial charge in [-0.2, -0.15) is 0 Å². The number of halogens is 2. The van der Waals surface area contributed by atoms with Gasteiger partial charge in [-0.1, -0.05) is 29.3 Å². The number of aromatic nitrogens is 1. The topological polar surface area (TPSA) is 12.9 Å². The Bertz CT molecular complexity index is 466. The lowest BCUT2D eigenvalue weighted by Crippen LogP contribution is -1.84. The number of fused-ring (bicyclic) bond motifs is 1. The van der Waals surface area contributed by atoms with Gasteiger partial charge in [0.2, 0.25) is 0 Å². The van der Waals surface area contributed by atoms with Crippen molar-refractivity contribution >= 4 is 34.0 Å². The molecule has 0 N–H and O–H groups in total. The first-order chi connectivity index (χ1) is 6.20. The number of aryl methyl sites for hydroxylation is 1. The normalized spacial score (nSPS) is 10.7. The second kappa shape index (κ2) is 3.17.